The first-order chi connectivity index (χ1) is 19.2. The Morgan fingerprint density at radius 1 is 1.05 bits per heavy atom. The molecule has 1 atom stereocenters. The van der Waals surface area contributed by atoms with Crippen molar-refractivity contribution in [3.8, 4) is 0 Å². The van der Waals surface area contributed by atoms with Crippen LogP contribution in [0.15, 0.2) is 65.8 Å². The molecule has 6 rings (SSSR count). The molecule has 3 saturated heterocycles. The Morgan fingerprint density at radius 2 is 1.75 bits per heavy atom. The fraction of sp³-hybridized carbons (Fsp3) is 0.393. The number of benzene rings is 2. The van der Waals surface area contributed by atoms with Gasteiger partial charge in [0.15, 0.2) is 0 Å². The van der Waals surface area contributed by atoms with Crippen LogP contribution in [-0.4, -0.2) is 85.1 Å². The molecule has 10 nitrogen and oxygen atoms in total. The average molecular weight is 585 g/mol. The average Bonchev–Trinajstić information content (AvgIpc) is 3.29. The Balaban J connectivity index is 1.30. The number of hydrogen-bond acceptors (Lipinski definition) is 8. The van der Waals surface area contributed by atoms with E-state index in [4.69, 9.17) is 21.1 Å². The first-order valence-corrected chi connectivity index (χ1v) is 15.0. The van der Waals surface area contributed by atoms with Crippen LogP contribution in [0.1, 0.15) is 19.8 Å². The van der Waals surface area contributed by atoms with Crippen LogP contribution in [0.4, 0.5) is 5.69 Å². The van der Waals surface area contributed by atoms with Crippen molar-refractivity contribution >= 4 is 50.0 Å². The smallest absolute Gasteiger partial charge is 0.361 e. The zero-order chi connectivity index (χ0) is 28.1. The van der Waals surface area contributed by atoms with Crippen LogP contribution in [-0.2, 0) is 29.1 Å². The van der Waals surface area contributed by atoms with Crippen molar-refractivity contribution < 1.29 is 27.5 Å². The number of aromatic nitrogens is 1. The van der Waals surface area contributed by atoms with Gasteiger partial charge in [-0.2, -0.15) is 4.31 Å². The van der Waals surface area contributed by atoms with E-state index in [-0.39, 0.29) is 24.6 Å². The van der Waals surface area contributed by atoms with Crippen LogP contribution in [0, 0.1) is 0 Å². The summed E-state index contributed by atoms with van der Waals surface area (Å²) in [6.07, 6.45) is 4.58. The number of pyridine rings is 1. The van der Waals surface area contributed by atoms with Crippen molar-refractivity contribution in [2.75, 3.05) is 44.2 Å². The molecule has 0 aliphatic carbocycles. The topological polar surface area (TPSA) is 109 Å². The summed E-state index contributed by atoms with van der Waals surface area (Å²) in [6.45, 7) is 2.47. The van der Waals surface area contributed by atoms with Crippen LogP contribution >= 0.6 is 11.6 Å². The molecular formula is C28H29ClN4O6S. The lowest BCUT2D eigenvalue weighted by atomic mass is 9.91. The molecule has 3 aliphatic heterocycles. The summed E-state index contributed by atoms with van der Waals surface area (Å²) in [5, 5.41) is 2.02. The highest BCUT2D eigenvalue weighted by Gasteiger charge is 2.65. The zero-order valence-electron chi connectivity index (χ0n) is 22.0. The fourth-order valence-corrected chi connectivity index (χ4v) is 7.54. The van der Waals surface area contributed by atoms with E-state index in [1.54, 1.807) is 49.6 Å². The molecule has 0 N–H and O–H groups in total. The molecule has 12 heteroatoms. The largest absolute Gasteiger partial charge is 0.462 e. The third kappa shape index (κ3) is 4.50. The van der Waals surface area contributed by atoms with Gasteiger partial charge in [-0.25, -0.2) is 13.2 Å². The molecule has 4 heterocycles. The normalized spacial score (nSPS) is 23.0. The molecule has 1 unspecified atom stereocenters. The third-order valence-corrected chi connectivity index (χ3v) is 10.0. The number of piperidine rings is 1. The minimum absolute atomic E-state index is 0.0148. The van der Waals surface area contributed by atoms with E-state index >= 15 is 0 Å². The fourth-order valence-electron chi connectivity index (χ4n) is 5.92. The summed E-state index contributed by atoms with van der Waals surface area (Å²) < 4.78 is 40.6. The number of rotatable bonds is 5. The minimum atomic E-state index is -4.16. The second-order valence-electron chi connectivity index (χ2n) is 10.4. The van der Waals surface area contributed by atoms with Crippen LogP contribution in [0.25, 0.3) is 10.8 Å². The second-order valence-corrected chi connectivity index (χ2v) is 12.8. The predicted molar refractivity (Wildman–Crippen MR) is 148 cm³/mol. The van der Waals surface area contributed by atoms with E-state index in [0.29, 0.717) is 36.3 Å². The molecule has 0 bridgehead atoms. The molecule has 210 valence electrons. The first-order valence-electron chi connectivity index (χ1n) is 13.2. The molecule has 1 aromatic heterocycles. The Bertz CT molecular complexity index is 1580. The summed E-state index contributed by atoms with van der Waals surface area (Å²) >= 11 is 6.08. The number of sulfonamides is 1. The lowest BCUT2D eigenvalue weighted by molar-refractivity contribution is -0.206. The number of ether oxygens (including phenoxy) is 2. The first kappa shape index (κ1) is 26.9. The summed E-state index contributed by atoms with van der Waals surface area (Å²) in [5.41, 5.74) is -1.62. The van der Waals surface area contributed by atoms with Crippen molar-refractivity contribution in [2.24, 2.45) is 0 Å². The minimum Gasteiger partial charge on any atom is -0.462 e. The highest BCUT2D eigenvalue weighted by molar-refractivity contribution is 7.89. The van der Waals surface area contributed by atoms with Gasteiger partial charge in [-0.3, -0.25) is 14.7 Å². The number of nitrogens with zero attached hydrogens (tertiary/aromatic N) is 4. The highest BCUT2D eigenvalue weighted by atomic mass is 35.5. The summed E-state index contributed by atoms with van der Waals surface area (Å²) in [5.74, 6) is -1.26. The highest BCUT2D eigenvalue weighted by Crippen LogP contribution is 2.45. The lowest BCUT2D eigenvalue weighted by Gasteiger charge is -2.43. The molecular weight excluding hydrogens is 556 g/mol. The molecule has 1 spiro atoms. The van der Waals surface area contributed by atoms with Gasteiger partial charge in [0.1, 0.15) is 0 Å². The van der Waals surface area contributed by atoms with Crippen molar-refractivity contribution in [3.05, 3.63) is 65.9 Å². The molecule has 3 fully saturated rings. The van der Waals surface area contributed by atoms with Crippen molar-refractivity contribution in [1.29, 1.82) is 0 Å². The Kier molecular flexibility index (Phi) is 6.73. The summed E-state index contributed by atoms with van der Waals surface area (Å²) in [6, 6.07) is 13.7. The van der Waals surface area contributed by atoms with Crippen LogP contribution in [0.5, 0.6) is 0 Å². The molecule has 2 aromatic carbocycles. The summed E-state index contributed by atoms with van der Waals surface area (Å²) in [4.78, 5) is 34.7. The van der Waals surface area contributed by atoms with E-state index in [1.807, 2.05) is 12.1 Å². The Hall–Kier alpha value is -3.25. The van der Waals surface area contributed by atoms with E-state index in [1.165, 1.54) is 11.0 Å². The van der Waals surface area contributed by atoms with Gasteiger partial charge in [0.25, 0.3) is 5.72 Å². The summed E-state index contributed by atoms with van der Waals surface area (Å²) in [7, 11) is -4.16. The Labute approximate surface area is 237 Å². The molecule has 0 radical (unpaired) electrons. The molecule has 0 saturated carbocycles. The quantitative estimate of drug-likeness (QED) is 0.421. The number of halogens is 1. The van der Waals surface area contributed by atoms with E-state index in [9.17, 15) is 18.0 Å². The van der Waals surface area contributed by atoms with Gasteiger partial charge in [-0.05, 0) is 66.9 Å². The van der Waals surface area contributed by atoms with Gasteiger partial charge >= 0.3 is 5.97 Å². The molecule has 3 aromatic rings. The van der Waals surface area contributed by atoms with E-state index in [2.05, 4.69) is 9.88 Å². The van der Waals surface area contributed by atoms with Gasteiger partial charge in [0, 0.05) is 36.2 Å². The number of hydrogen-bond donors (Lipinski definition) is 0. The van der Waals surface area contributed by atoms with Gasteiger partial charge in [-0.15, -0.1) is 0 Å². The Morgan fingerprint density at radius 3 is 2.48 bits per heavy atom. The van der Waals surface area contributed by atoms with E-state index in [0.717, 1.165) is 15.4 Å². The number of anilines is 1. The van der Waals surface area contributed by atoms with Crippen LogP contribution in [0.2, 0.25) is 5.02 Å². The maximum Gasteiger partial charge on any atom is 0.361 e. The van der Waals surface area contributed by atoms with Crippen molar-refractivity contribution in [3.63, 3.8) is 0 Å². The number of fused-ring (bicyclic) bond motifs is 2. The van der Waals surface area contributed by atoms with Crippen LogP contribution in [0.3, 0.4) is 0 Å². The van der Waals surface area contributed by atoms with Gasteiger partial charge in [0.2, 0.25) is 15.9 Å². The monoisotopic (exact) mass is 584 g/mol. The second kappa shape index (κ2) is 9.99. The van der Waals surface area contributed by atoms with Crippen LogP contribution < -0.4 is 4.90 Å². The predicted octanol–water partition coefficient (Wildman–Crippen LogP) is 3.05. The zero-order valence-corrected chi connectivity index (χ0v) is 23.5. The van der Waals surface area contributed by atoms with Gasteiger partial charge in [-0.1, -0.05) is 23.7 Å². The maximum atomic E-state index is 13.8. The van der Waals surface area contributed by atoms with Gasteiger partial charge < -0.3 is 14.4 Å². The number of piperazine rings is 1. The van der Waals surface area contributed by atoms with E-state index < -0.39 is 39.8 Å². The van der Waals surface area contributed by atoms with Crippen molar-refractivity contribution in [1.82, 2.24) is 14.2 Å². The standard InChI is InChI=1S/C28H29ClN4O6S/c1-2-38-26(35)28-19-32(40(36,37)24-6-4-20-15-22(29)5-3-21(20)16-24)17-25(34)33(28)18-27(39-28)9-13-31(14-10-27)23-7-11-30-12-8-23/h3-8,11-12,15-16H,2,9-10,13-14,17-19H2,1H3. The molecule has 3 aliphatic rings. The number of esters is 1. The molecule has 40 heavy (non-hydrogen) atoms. The molecule has 1 amide bonds. The number of amides is 1. The third-order valence-electron chi connectivity index (χ3n) is 7.98. The lowest BCUT2D eigenvalue weighted by Crippen LogP contribution is -2.67. The number of carbonyl (C=O) groups excluding carboxylic acids is 2. The van der Waals surface area contributed by atoms with Gasteiger partial charge in [0.05, 0.1) is 36.7 Å². The number of carbonyl (C=O) groups is 2. The van der Waals surface area contributed by atoms with Crippen molar-refractivity contribution in [2.45, 2.75) is 36.0 Å². The SMILES string of the molecule is CCOC(=O)C12CN(S(=O)(=O)c3ccc4cc(Cl)ccc4c3)CC(=O)N1CC1(CCN(c3ccncc3)CC1)O2. The maximum absolute atomic E-state index is 13.8.